The summed E-state index contributed by atoms with van der Waals surface area (Å²) in [4.78, 5) is 2.06. The van der Waals surface area contributed by atoms with E-state index in [1.54, 1.807) is 7.11 Å². The summed E-state index contributed by atoms with van der Waals surface area (Å²) >= 11 is 0. The van der Waals surface area contributed by atoms with Gasteiger partial charge in [0, 0.05) is 12.1 Å². The number of ether oxygens (including phenoxy) is 1. The molecule has 1 rings (SSSR count). The summed E-state index contributed by atoms with van der Waals surface area (Å²) in [5, 5.41) is 11.5. The first-order valence-electron chi connectivity index (χ1n) is 5.51. The molecule has 0 aliphatic carbocycles. The van der Waals surface area contributed by atoms with Crippen molar-refractivity contribution in [3.05, 3.63) is 29.8 Å². The fourth-order valence-electron chi connectivity index (χ4n) is 1.61. The molecule has 0 heterocycles. The predicted molar refractivity (Wildman–Crippen MR) is 67.4 cm³/mol. The molecule has 0 saturated heterocycles. The Morgan fingerprint density at radius 1 is 1.47 bits per heavy atom. The number of para-hydroxylation sites is 1. The molecule has 0 saturated carbocycles. The lowest BCUT2D eigenvalue weighted by Gasteiger charge is -2.20. The predicted octanol–water partition coefficient (Wildman–Crippen LogP) is 1.26. The molecule has 17 heavy (non-hydrogen) atoms. The highest BCUT2D eigenvalue weighted by Crippen LogP contribution is 2.18. The second-order valence-electron chi connectivity index (χ2n) is 3.71. The van der Waals surface area contributed by atoms with Crippen molar-refractivity contribution >= 4 is 5.84 Å². The molecule has 3 N–H and O–H groups in total. The van der Waals surface area contributed by atoms with E-state index >= 15 is 0 Å². The Morgan fingerprint density at radius 2 is 2.18 bits per heavy atom. The van der Waals surface area contributed by atoms with Crippen LogP contribution in [0.3, 0.4) is 0 Å². The quantitative estimate of drug-likeness (QED) is 0.338. The van der Waals surface area contributed by atoms with Crippen LogP contribution in [0, 0.1) is 0 Å². The van der Waals surface area contributed by atoms with Crippen LogP contribution in [0.15, 0.2) is 29.4 Å². The molecule has 0 aromatic heterocycles. The van der Waals surface area contributed by atoms with Crippen LogP contribution in [0.1, 0.15) is 12.5 Å². The van der Waals surface area contributed by atoms with Gasteiger partial charge in [0.1, 0.15) is 5.75 Å². The first-order valence-corrected chi connectivity index (χ1v) is 5.51. The molecule has 0 fully saturated rings. The van der Waals surface area contributed by atoms with Crippen molar-refractivity contribution in [2.24, 2.45) is 10.9 Å². The zero-order chi connectivity index (χ0) is 12.7. The highest BCUT2D eigenvalue weighted by atomic mass is 16.5. The van der Waals surface area contributed by atoms with Crippen LogP contribution in [0.25, 0.3) is 0 Å². The van der Waals surface area contributed by atoms with Gasteiger partial charge in [-0.15, -0.1) is 0 Å². The Labute approximate surface area is 101 Å². The average Bonchev–Trinajstić information content (AvgIpc) is 2.38. The summed E-state index contributed by atoms with van der Waals surface area (Å²) in [5.74, 6) is 1.06. The van der Waals surface area contributed by atoms with Gasteiger partial charge in [-0.3, -0.25) is 4.90 Å². The van der Waals surface area contributed by atoms with Crippen LogP contribution in [0.2, 0.25) is 0 Å². The molecule has 0 radical (unpaired) electrons. The lowest BCUT2D eigenvalue weighted by Crippen LogP contribution is -2.33. The number of nitrogens with two attached hydrogens (primary N) is 1. The summed E-state index contributed by atoms with van der Waals surface area (Å²) in [6.07, 6.45) is 0. The Bertz CT molecular complexity index is 380. The SMILES string of the molecule is CCN(CC(N)=NO)Cc1ccccc1OC. The lowest BCUT2D eigenvalue weighted by atomic mass is 10.2. The van der Waals surface area contributed by atoms with Crippen LogP contribution >= 0.6 is 0 Å². The zero-order valence-electron chi connectivity index (χ0n) is 10.3. The lowest BCUT2D eigenvalue weighted by molar-refractivity contribution is 0.291. The monoisotopic (exact) mass is 237 g/mol. The molecular weight excluding hydrogens is 218 g/mol. The summed E-state index contributed by atoms with van der Waals surface area (Å²) in [6, 6.07) is 7.83. The van der Waals surface area contributed by atoms with Crippen molar-refractivity contribution in [3.63, 3.8) is 0 Å². The van der Waals surface area contributed by atoms with Gasteiger partial charge in [0.25, 0.3) is 0 Å². The minimum atomic E-state index is 0.210. The highest BCUT2D eigenvalue weighted by Gasteiger charge is 2.09. The average molecular weight is 237 g/mol. The van der Waals surface area contributed by atoms with Crippen molar-refractivity contribution in [2.45, 2.75) is 13.5 Å². The third kappa shape index (κ3) is 3.96. The number of benzene rings is 1. The largest absolute Gasteiger partial charge is 0.496 e. The maximum absolute atomic E-state index is 8.56. The molecule has 0 bridgehead atoms. The summed E-state index contributed by atoms with van der Waals surface area (Å²) in [5.41, 5.74) is 6.59. The maximum Gasteiger partial charge on any atom is 0.153 e. The van der Waals surface area contributed by atoms with Gasteiger partial charge < -0.3 is 15.7 Å². The van der Waals surface area contributed by atoms with Gasteiger partial charge in [0.2, 0.25) is 0 Å². The molecule has 1 aromatic rings. The van der Waals surface area contributed by atoms with E-state index in [4.69, 9.17) is 15.7 Å². The van der Waals surface area contributed by atoms with E-state index in [0.29, 0.717) is 13.1 Å². The molecule has 5 nitrogen and oxygen atoms in total. The number of amidine groups is 1. The third-order valence-corrected chi connectivity index (χ3v) is 2.55. The second-order valence-corrected chi connectivity index (χ2v) is 3.71. The van der Waals surface area contributed by atoms with Gasteiger partial charge in [-0.1, -0.05) is 30.3 Å². The number of oxime groups is 1. The summed E-state index contributed by atoms with van der Waals surface area (Å²) in [7, 11) is 1.65. The molecule has 1 aromatic carbocycles. The Morgan fingerprint density at radius 3 is 2.76 bits per heavy atom. The Hall–Kier alpha value is -1.75. The van der Waals surface area contributed by atoms with Gasteiger partial charge in [0.15, 0.2) is 5.84 Å². The molecule has 0 atom stereocenters. The number of hydrogen-bond donors (Lipinski definition) is 2. The van der Waals surface area contributed by atoms with E-state index in [-0.39, 0.29) is 5.84 Å². The van der Waals surface area contributed by atoms with Crippen LogP contribution < -0.4 is 10.5 Å². The van der Waals surface area contributed by atoms with Crippen LogP contribution in [-0.2, 0) is 6.54 Å². The first-order chi connectivity index (χ1) is 8.21. The standard InChI is InChI=1S/C12H19N3O2/c1-3-15(9-12(13)14-16)8-10-6-4-5-7-11(10)17-2/h4-7,16H,3,8-9H2,1-2H3,(H2,13,14). The Balaban J connectivity index is 2.73. The zero-order valence-corrected chi connectivity index (χ0v) is 10.3. The summed E-state index contributed by atoms with van der Waals surface area (Å²) in [6.45, 7) is 3.98. The van der Waals surface area contributed by atoms with E-state index < -0.39 is 0 Å². The smallest absolute Gasteiger partial charge is 0.153 e. The molecule has 0 unspecified atom stereocenters. The number of rotatable bonds is 6. The molecule has 5 heteroatoms. The highest BCUT2D eigenvalue weighted by molar-refractivity contribution is 5.81. The normalized spacial score (nSPS) is 11.8. The third-order valence-electron chi connectivity index (χ3n) is 2.55. The number of likely N-dealkylation sites (N-methyl/N-ethyl adjacent to an activating group) is 1. The van der Waals surface area contributed by atoms with Crippen LogP contribution in [0.4, 0.5) is 0 Å². The van der Waals surface area contributed by atoms with E-state index in [0.717, 1.165) is 17.9 Å². The Kier molecular flexibility index (Phi) is 5.29. The van der Waals surface area contributed by atoms with Crippen molar-refractivity contribution in [1.82, 2.24) is 4.90 Å². The number of nitrogens with zero attached hydrogens (tertiary/aromatic N) is 2. The van der Waals surface area contributed by atoms with Crippen LogP contribution in [0.5, 0.6) is 5.75 Å². The summed E-state index contributed by atoms with van der Waals surface area (Å²) < 4.78 is 5.28. The van der Waals surface area contributed by atoms with Crippen molar-refractivity contribution < 1.29 is 9.94 Å². The maximum atomic E-state index is 8.56. The van der Waals surface area contributed by atoms with Gasteiger partial charge >= 0.3 is 0 Å². The molecule has 0 amide bonds. The van der Waals surface area contributed by atoms with E-state index in [1.807, 2.05) is 31.2 Å². The van der Waals surface area contributed by atoms with Crippen molar-refractivity contribution in [2.75, 3.05) is 20.2 Å². The minimum absolute atomic E-state index is 0.210. The van der Waals surface area contributed by atoms with Crippen molar-refractivity contribution in [1.29, 1.82) is 0 Å². The van der Waals surface area contributed by atoms with E-state index in [1.165, 1.54) is 0 Å². The fourth-order valence-corrected chi connectivity index (χ4v) is 1.61. The number of hydrogen-bond acceptors (Lipinski definition) is 4. The van der Waals surface area contributed by atoms with Gasteiger partial charge in [-0.25, -0.2) is 0 Å². The molecular formula is C12H19N3O2. The van der Waals surface area contributed by atoms with Gasteiger partial charge in [0.05, 0.1) is 13.7 Å². The molecule has 0 aliphatic rings. The van der Waals surface area contributed by atoms with Crippen LogP contribution in [-0.4, -0.2) is 36.1 Å². The minimum Gasteiger partial charge on any atom is -0.496 e. The molecule has 94 valence electrons. The number of methoxy groups -OCH3 is 1. The molecule has 0 spiro atoms. The van der Waals surface area contributed by atoms with E-state index in [2.05, 4.69) is 10.1 Å². The van der Waals surface area contributed by atoms with E-state index in [9.17, 15) is 0 Å². The van der Waals surface area contributed by atoms with Crippen molar-refractivity contribution in [3.8, 4) is 5.75 Å². The van der Waals surface area contributed by atoms with Gasteiger partial charge in [-0.05, 0) is 12.6 Å². The van der Waals surface area contributed by atoms with Gasteiger partial charge in [-0.2, -0.15) is 0 Å². The first kappa shape index (κ1) is 13.3. The topological polar surface area (TPSA) is 71.1 Å². The second kappa shape index (κ2) is 6.75. The molecule has 0 aliphatic heterocycles. The fraction of sp³-hybridized carbons (Fsp3) is 0.417.